The second-order valence-electron chi connectivity index (χ2n) is 8.88. The Hall–Kier alpha value is -1.70. The quantitative estimate of drug-likeness (QED) is 0.128. The number of amides is 1. The lowest BCUT2D eigenvalue weighted by molar-refractivity contribution is -0.149. The number of nitrogens with zero attached hydrogens (tertiary/aromatic N) is 1. The van der Waals surface area contributed by atoms with Crippen LogP contribution >= 0.6 is 0 Å². The number of rotatable bonds is 19. The maximum absolute atomic E-state index is 12.6. The van der Waals surface area contributed by atoms with Gasteiger partial charge in [0.1, 0.15) is 12.6 Å². The average molecular weight is 438 g/mol. The molecule has 0 aromatic carbocycles. The van der Waals surface area contributed by atoms with Crippen molar-refractivity contribution in [3.63, 3.8) is 0 Å². The molecule has 1 amide bonds. The van der Waals surface area contributed by atoms with Gasteiger partial charge in [-0.15, -0.1) is 12.3 Å². The minimum atomic E-state index is -0.629. The number of hydrogen-bond donors (Lipinski definition) is 0. The molecule has 0 aliphatic heterocycles. The summed E-state index contributed by atoms with van der Waals surface area (Å²) in [5.74, 6) is 2.33. The molecule has 0 saturated heterocycles. The highest BCUT2D eigenvalue weighted by Gasteiger charge is 2.29. The lowest BCUT2D eigenvalue weighted by atomic mass is 10.0. The summed E-state index contributed by atoms with van der Waals surface area (Å²) < 4.78 is 10.6. The van der Waals surface area contributed by atoms with Crippen molar-refractivity contribution in [3.8, 4) is 12.3 Å². The van der Waals surface area contributed by atoms with Gasteiger partial charge in [-0.25, -0.2) is 9.59 Å². The van der Waals surface area contributed by atoms with Gasteiger partial charge in [-0.3, -0.25) is 4.90 Å². The minimum Gasteiger partial charge on any atom is -0.464 e. The van der Waals surface area contributed by atoms with Crippen LogP contribution in [0.5, 0.6) is 0 Å². The smallest absolute Gasteiger partial charge is 0.410 e. The largest absolute Gasteiger partial charge is 0.464 e. The van der Waals surface area contributed by atoms with E-state index in [1.165, 1.54) is 69.1 Å². The van der Waals surface area contributed by atoms with Crippen LogP contribution in [-0.4, -0.2) is 43.3 Å². The van der Waals surface area contributed by atoms with Gasteiger partial charge < -0.3 is 9.47 Å². The predicted molar refractivity (Wildman–Crippen MR) is 128 cm³/mol. The van der Waals surface area contributed by atoms with Crippen molar-refractivity contribution in [3.05, 3.63) is 0 Å². The lowest BCUT2D eigenvalue weighted by Gasteiger charge is -2.27. The standard InChI is InChI=1S/C26H47NO4/c1-6-8-10-11-12-13-14-15-16-17-18-19-21-30-25(28)24(22-23(3)4)27(5)26(29)31-20-9-7-2/h2,23-24H,6,8-22H2,1,3-5H3/t24-/m0/s1. The Labute approximate surface area is 191 Å². The van der Waals surface area contributed by atoms with E-state index in [0.29, 0.717) is 19.4 Å². The highest BCUT2D eigenvalue weighted by molar-refractivity contribution is 5.81. The third kappa shape index (κ3) is 16.6. The summed E-state index contributed by atoms with van der Waals surface area (Å²) in [4.78, 5) is 26.0. The van der Waals surface area contributed by atoms with Crippen LogP contribution < -0.4 is 0 Å². The van der Waals surface area contributed by atoms with Gasteiger partial charge in [0.25, 0.3) is 0 Å². The monoisotopic (exact) mass is 437 g/mol. The molecule has 0 aliphatic carbocycles. The average Bonchev–Trinajstić information content (AvgIpc) is 2.74. The third-order valence-electron chi connectivity index (χ3n) is 5.44. The zero-order valence-electron chi connectivity index (χ0n) is 20.6. The van der Waals surface area contributed by atoms with Gasteiger partial charge >= 0.3 is 12.1 Å². The molecule has 0 aromatic rings. The molecule has 31 heavy (non-hydrogen) atoms. The van der Waals surface area contributed by atoms with Crippen LogP contribution in [0, 0.1) is 18.3 Å². The first-order valence-corrected chi connectivity index (χ1v) is 12.4. The highest BCUT2D eigenvalue weighted by Crippen LogP contribution is 2.15. The summed E-state index contributed by atoms with van der Waals surface area (Å²) in [5, 5.41) is 0. The Kier molecular flexibility index (Phi) is 19.1. The SMILES string of the molecule is C#CCCOC(=O)N(C)[C@@H](CC(C)C)C(=O)OCCCCCCCCCCCCCC. The van der Waals surface area contributed by atoms with Crippen molar-refractivity contribution in [2.75, 3.05) is 20.3 Å². The molecule has 0 unspecified atom stereocenters. The van der Waals surface area contributed by atoms with Gasteiger partial charge in [0.05, 0.1) is 6.61 Å². The second kappa shape index (κ2) is 20.2. The molecule has 5 heteroatoms. The van der Waals surface area contributed by atoms with Crippen molar-refractivity contribution >= 4 is 12.1 Å². The molecule has 0 aliphatic rings. The first-order chi connectivity index (χ1) is 14.9. The third-order valence-corrected chi connectivity index (χ3v) is 5.44. The molecular formula is C26H47NO4. The molecule has 0 heterocycles. The molecule has 0 fully saturated rings. The fraction of sp³-hybridized carbons (Fsp3) is 0.846. The first-order valence-electron chi connectivity index (χ1n) is 12.4. The summed E-state index contributed by atoms with van der Waals surface area (Å²) in [6, 6.07) is -0.629. The topological polar surface area (TPSA) is 55.8 Å². The normalized spacial score (nSPS) is 11.7. The number of likely N-dealkylation sites (N-methyl/N-ethyl adjacent to an activating group) is 1. The number of ether oxygens (including phenoxy) is 2. The van der Waals surface area contributed by atoms with Crippen LogP contribution in [0.25, 0.3) is 0 Å². The zero-order chi connectivity index (χ0) is 23.3. The van der Waals surface area contributed by atoms with Gasteiger partial charge in [-0.1, -0.05) is 91.4 Å². The summed E-state index contributed by atoms with van der Waals surface area (Å²) in [6.45, 7) is 6.85. The molecule has 0 saturated carbocycles. The van der Waals surface area contributed by atoms with E-state index in [-0.39, 0.29) is 18.5 Å². The van der Waals surface area contributed by atoms with Crippen LogP contribution in [0.4, 0.5) is 4.79 Å². The van der Waals surface area contributed by atoms with Gasteiger partial charge in [0.2, 0.25) is 0 Å². The summed E-state index contributed by atoms with van der Waals surface area (Å²) >= 11 is 0. The molecule has 0 radical (unpaired) electrons. The van der Waals surface area contributed by atoms with Crippen molar-refractivity contribution in [2.45, 2.75) is 117 Å². The van der Waals surface area contributed by atoms with E-state index in [9.17, 15) is 9.59 Å². The molecule has 0 rings (SSSR count). The van der Waals surface area contributed by atoms with Crippen LogP contribution in [0.2, 0.25) is 0 Å². The maximum Gasteiger partial charge on any atom is 0.410 e. The number of terminal acetylenes is 1. The highest BCUT2D eigenvalue weighted by atomic mass is 16.6. The summed E-state index contributed by atoms with van der Waals surface area (Å²) in [5.41, 5.74) is 0. The number of hydrogen-bond acceptors (Lipinski definition) is 4. The molecule has 5 nitrogen and oxygen atoms in total. The molecule has 0 spiro atoms. The Morgan fingerprint density at radius 1 is 0.839 bits per heavy atom. The Bertz CT molecular complexity index is 498. The van der Waals surface area contributed by atoms with Gasteiger partial charge in [-0.05, 0) is 18.8 Å². The molecule has 0 aromatic heterocycles. The maximum atomic E-state index is 12.6. The predicted octanol–water partition coefficient (Wildman–Crippen LogP) is 6.74. The number of unbranched alkanes of at least 4 members (excludes halogenated alkanes) is 11. The van der Waals surface area contributed by atoms with E-state index in [1.54, 1.807) is 7.05 Å². The van der Waals surface area contributed by atoms with Crippen molar-refractivity contribution in [1.29, 1.82) is 0 Å². The zero-order valence-corrected chi connectivity index (χ0v) is 20.6. The van der Waals surface area contributed by atoms with Crippen molar-refractivity contribution in [2.24, 2.45) is 5.92 Å². The van der Waals surface area contributed by atoms with E-state index >= 15 is 0 Å². The fourth-order valence-corrected chi connectivity index (χ4v) is 3.50. The molecule has 180 valence electrons. The molecule has 0 bridgehead atoms. The Morgan fingerprint density at radius 2 is 1.35 bits per heavy atom. The number of esters is 1. The Balaban J connectivity index is 3.98. The molecule has 0 N–H and O–H groups in total. The molecular weight excluding hydrogens is 390 g/mol. The van der Waals surface area contributed by atoms with Gasteiger partial charge in [0.15, 0.2) is 0 Å². The van der Waals surface area contributed by atoms with Crippen LogP contribution in [-0.2, 0) is 14.3 Å². The summed E-state index contributed by atoms with van der Waals surface area (Å²) in [6.07, 6.45) is 20.7. The second-order valence-corrected chi connectivity index (χ2v) is 8.88. The van der Waals surface area contributed by atoms with Crippen LogP contribution in [0.15, 0.2) is 0 Å². The number of carbonyl (C=O) groups is 2. The molecule has 1 atom stereocenters. The lowest BCUT2D eigenvalue weighted by Crippen LogP contribution is -2.44. The van der Waals surface area contributed by atoms with E-state index in [4.69, 9.17) is 15.9 Å². The van der Waals surface area contributed by atoms with Crippen molar-refractivity contribution < 1.29 is 19.1 Å². The summed E-state index contributed by atoms with van der Waals surface area (Å²) in [7, 11) is 1.58. The van der Waals surface area contributed by atoms with E-state index in [2.05, 4.69) is 12.8 Å². The van der Waals surface area contributed by atoms with Crippen molar-refractivity contribution in [1.82, 2.24) is 4.90 Å². The van der Waals surface area contributed by atoms with E-state index in [1.807, 2.05) is 13.8 Å². The first kappa shape index (κ1) is 29.3. The van der Waals surface area contributed by atoms with E-state index in [0.717, 1.165) is 12.8 Å². The van der Waals surface area contributed by atoms with E-state index < -0.39 is 12.1 Å². The van der Waals surface area contributed by atoms with Crippen LogP contribution in [0.3, 0.4) is 0 Å². The number of carbonyl (C=O) groups excluding carboxylic acids is 2. The fourth-order valence-electron chi connectivity index (χ4n) is 3.50. The van der Waals surface area contributed by atoms with Crippen LogP contribution in [0.1, 0.15) is 111 Å². The van der Waals surface area contributed by atoms with Gasteiger partial charge in [-0.2, -0.15) is 0 Å². The van der Waals surface area contributed by atoms with Gasteiger partial charge in [0, 0.05) is 13.5 Å². The minimum absolute atomic E-state index is 0.155. The Morgan fingerprint density at radius 3 is 1.84 bits per heavy atom.